The van der Waals surface area contributed by atoms with Gasteiger partial charge in [0.2, 0.25) is 0 Å². The van der Waals surface area contributed by atoms with Crippen LogP contribution in [0.25, 0.3) is 0 Å². The van der Waals surface area contributed by atoms with E-state index in [4.69, 9.17) is 5.73 Å². The fourth-order valence-electron chi connectivity index (χ4n) is 3.07. The molecule has 2 N–H and O–H groups in total. The quantitative estimate of drug-likeness (QED) is 0.812. The van der Waals surface area contributed by atoms with Crippen molar-refractivity contribution in [2.45, 2.75) is 40.7 Å². The number of aryl methyl sites for hydroxylation is 1. The van der Waals surface area contributed by atoms with Gasteiger partial charge in [-0.05, 0) is 40.7 Å². The average Bonchev–Trinajstić information content (AvgIpc) is 2.48. The Morgan fingerprint density at radius 2 is 1.80 bits per heavy atom. The monoisotopic (exact) mass is 223 g/mol. The van der Waals surface area contributed by atoms with Crippen LogP contribution in [0.5, 0.6) is 0 Å². The van der Waals surface area contributed by atoms with E-state index in [1.807, 2.05) is 0 Å². The molecule has 1 unspecified atom stereocenters. The molecule has 0 amide bonds. The topological polar surface area (TPSA) is 26.0 Å². The van der Waals surface area contributed by atoms with Crippen molar-refractivity contribution in [2.75, 3.05) is 0 Å². The second-order valence-corrected chi connectivity index (χ2v) is 7.00. The van der Waals surface area contributed by atoms with Crippen LogP contribution < -0.4 is 5.73 Å². The lowest BCUT2D eigenvalue weighted by Gasteiger charge is -2.13. The van der Waals surface area contributed by atoms with Crippen molar-refractivity contribution in [3.8, 4) is 0 Å². The third kappa shape index (κ3) is 1.38. The Bertz CT molecular complexity index is 362. The predicted octanol–water partition coefficient (Wildman–Crippen LogP) is 3.74. The maximum absolute atomic E-state index is 6.40. The van der Waals surface area contributed by atoms with Gasteiger partial charge in [-0.25, -0.2) is 0 Å². The van der Waals surface area contributed by atoms with Crippen molar-refractivity contribution in [3.05, 3.63) is 21.9 Å². The Kier molecular flexibility index (Phi) is 2.29. The van der Waals surface area contributed by atoms with E-state index in [1.165, 1.54) is 10.4 Å². The van der Waals surface area contributed by atoms with Crippen LogP contribution in [0, 0.1) is 23.7 Å². The molecule has 0 radical (unpaired) electrons. The summed E-state index contributed by atoms with van der Waals surface area (Å²) in [5.41, 5.74) is 8.51. The molecular weight excluding hydrogens is 202 g/mol. The zero-order valence-electron chi connectivity index (χ0n) is 10.3. The summed E-state index contributed by atoms with van der Waals surface area (Å²) in [6.45, 7) is 11.5. The molecule has 0 aromatic carbocycles. The largest absolute Gasteiger partial charge is 0.324 e. The van der Waals surface area contributed by atoms with Crippen LogP contribution in [0.1, 0.15) is 44.2 Å². The number of nitrogens with two attached hydrogens (primary N) is 1. The van der Waals surface area contributed by atoms with Crippen molar-refractivity contribution >= 4 is 11.3 Å². The maximum Gasteiger partial charge on any atom is 0.0345 e. The van der Waals surface area contributed by atoms with Crippen molar-refractivity contribution in [1.29, 1.82) is 0 Å². The molecule has 2 heteroatoms. The molecule has 1 aliphatic carbocycles. The zero-order chi connectivity index (χ0) is 11.4. The van der Waals surface area contributed by atoms with E-state index in [0.29, 0.717) is 16.7 Å². The summed E-state index contributed by atoms with van der Waals surface area (Å²) < 4.78 is 0. The molecule has 1 aromatic rings. The van der Waals surface area contributed by atoms with Crippen LogP contribution in [0.3, 0.4) is 0 Å². The third-order valence-corrected chi connectivity index (χ3v) is 5.61. The first-order valence-corrected chi connectivity index (χ1v) is 6.47. The second kappa shape index (κ2) is 3.08. The van der Waals surface area contributed by atoms with Crippen LogP contribution in [0.15, 0.2) is 11.4 Å². The first-order chi connectivity index (χ1) is 6.80. The molecule has 84 valence electrons. The van der Waals surface area contributed by atoms with Gasteiger partial charge in [-0.2, -0.15) is 0 Å². The number of thiophene rings is 1. The minimum atomic E-state index is 0.209. The SMILES string of the molecule is Cc1sccc1C(N)C1C(C)(C)C1(C)C. The fraction of sp³-hybridized carbons (Fsp3) is 0.692. The Morgan fingerprint density at radius 3 is 2.13 bits per heavy atom. The average molecular weight is 223 g/mol. The highest BCUT2D eigenvalue weighted by molar-refractivity contribution is 7.10. The van der Waals surface area contributed by atoms with Gasteiger partial charge in [0.25, 0.3) is 0 Å². The minimum absolute atomic E-state index is 0.209. The molecule has 0 saturated heterocycles. The Balaban J connectivity index is 2.26. The smallest absolute Gasteiger partial charge is 0.0345 e. The van der Waals surface area contributed by atoms with Crippen molar-refractivity contribution in [1.82, 2.24) is 0 Å². The summed E-state index contributed by atoms with van der Waals surface area (Å²) in [4.78, 5) is 1.38. The van der Waals surface area contributed by atoms with E-state index in [1.54, 1.807) is 11.3 Å². The lowest BCUT2D eigenvalue weighted by Crippen LogP contribution is -2.16. The molecule has 1 atom stereocenters. The molecule has 15 heavy (non-hydrogen) atoms. The van der Waals surface area contributed by atoms with Crippen LogP contribution >= 0.6 is 11.3 Å². The van der Waals surface area contributed by atoms with Crippen LogP contribution in [0.4, 0.5) is 0 Å². The van der Waals surface area contributed by atoms with Gasteiger partial charge in [0.1, 0.15) is 0 Å². The van der Waals surface area contributed by atoms with Gasteiger partial charge in [-0.1, -0.05) is 27.7 Å². The summed E-state index contributed by atoms with van der Waals surface area (Å²) >= 11 is 1.80. The number of hydrogen-bond acceptors (Lipinski definition) is 2. The lowest BCUT2D eigenvalue weighted by molar-refractivity contribution is 0.457. The minimum Gasteiger partial charge on any atom is -0.324 e. The van der Waals surface area contributed by atoms with E-state index in [0.717, 1.165) is 0 Å². The maximum atomic E-state index is 6.40. The number of rotatable bonds is 2. The summed E-state index contributed by atoms with van der Waals surface area (Å²) in [5, 5.41) is 2.15. The van der Waals surface area contributed by atoms with Gasteiger partial charge in [-0.3, -0.25) is 0 Å². The highest BCUT2D eigenvalue weighted by Crippen LogP contribution is 2.71. The molecule has 1 aromatic heterocycles. The molecule has 1 saturated carbocycles. The molecule has 2 rings (SSSR count). The van der Waals surface area contributed by atoms with Crippen molar-refractivity contribution in [2.24, 2.45) is 22.5 Å². The highest BCUT2D eigenvalue weighted by atomic mass is 32.1. The lowest BCUT2D eigenvalue weighted by atomic mass is 9.98. The molecule has 1 aliphatic rings. The Hall–Kier alpha value is -0.340. The van der Waals surface area contributed by atoms with Gasteiger partial charge in [0.05, 0.1) is 0 Å². The molecule has 1 nitrogen and oxygen atoms in total. The van der Waals surface area contributed by atoms with E-state index < -0.39 is 0 Å². The summed E-state index contributed by atoms with van der Waals surface area (Å²) in [6, 6.07) is 2.40. The van der Waals surface area contributed by atoms with E-state index in [2.05, 4.69) is 46.1 Å². The van der Waals surface area contributed by atoms with Gasteiger partial charge in [0.15, 0.2) is 0 Å². The van der Waals surface area contributed by atoms with Gasteiger partial charge in [0, 0.05) is 10.9 Å². The number of hydrogen-bond donors (Lipinski definition) is 1. The van der Waals surface area contributed by atoms with Crippen molar-refractivity contribution < 1.29 is 0 Å². The summed E-state index contributed by atoms with van der Waals surface area (Å²) in [6.07, 6.45) is 0. The van der Waals surface area contributed by atoms with E-state index >= 15 is 0 Å². The zero-order valence-corrected chi connectivity index (χ0v) is 11.1. The molecule has 0 spiro atoms. The van der Waals surface area contributed by atoms with Gasteiger partial charge >= 0.3 is 0 Å². The van der Waals surface area contributed by atoms with Gasteiger partial charge < -0.3 is 5.73 Å². The van der Waals surface area contributed by atoms with Crippen LogP contribution in [0.2, 0.25) is 0 Å². The normalized spacial score (nSPS) is 25.2. The predicted molar refractivity (Wildman–Crippen MR) is 67.0 cm³/mol. The first kappa shape index (κ1) is 11.2. The second-order valence-electron chi connectivity index (χ2n) is 5.88. The fourth-order valence-corrected chi connectivity index (χ4v) is 3.82. The third-order valence-electron chi connectivity index (χ3n) is 4.75. The Morgan fingerprint density at radius 1 is 1.27 bits per heavy atom. The molecular formula is C13H21NS. The van der Waals surface area contributed by atoms with E-state index in [9.17, 15) is 0 Å². The Labute approximate surface area is 96.7 Å². The van der Waals surface area contributed by atoms with Crippen LogP contribution in [-0.4, -0.2) is 0 Å². The first-order valence-electron chi connectivity index (χ1n) is 5.59. The molecule has 0 bridgehead atoms. The highest BCUT2D eigenvalue weighted by Gasteiger charge is 2.66. The summed E-state index contributed by atoms with van der Waals surface area (Å²) in [7, 11) is 0. The van der Waals surface area contributed by atoms with Crippen LogP contribution in [-0.2, 0) is 0 Å². The van der Waals surface area contributed by atoms with Crippen molar-refractivity contribution in [3.63, 3.8) is 0 Å². The summed E-state index contributed by atoms with van der Waals surface area (Å²) in [5.74, 6) is 0.610. The van der Waals surface area contributed by atoms with E-state index in [-0.39, 0.29) is 6.04 Å². The molecule has 1 fully saturated rings. The van der Waals surface area contributed by atoms with Gasteiger partial charge in [-0.15, -0.1) is 11.3 Å². The standard InChI is InChI=1S/C13H21NS/c1-8-9(6-7-15-8)10(14)11-12(2,3)13(11,4)5/h6-7,10-11H,14H2,1-5H3. The molecule has 1 heterocycles. The molecule has 0 aliphatic heterocycles.